The molecule has 6 heteroatoms. The Balaban J connectivity index is 2.07. The number of aromatic nitrogens is 2. The van der Waals surface area contributed by atoms with E-state index in [1.54, 1.807) is 22.7 Å². The first-order valence-corrected chi connectivity index (χ1v) is 5.71. The van der Waals surface area contributed by atoms with Crippen molar-refractivity contribution >= 4 is 23.6 Å². The minimum Gasteiger partial charge on any atom is -0.389 e. The van der Waals surface area contributed by atoms with Crippen molar-refractivity contribution in [3.8, 4) is 0 Å². The fraction of sp³-hybridized carbons (Fsp3) is 0.455. The zero-order valence-corrected chi connectivity index (χ0v) is 10.5. The molecule has 0 unspecified atom stereocenters. The molecule has 0 aliphatic carbocycles. The monoisotopic (exact) mass is 255 g/mol. The highest BCUT2D eigenvalue weighted by molar-refractivity contribution is 6.31. The van der Waals surface area contributed by atoms with E-state index in [1.165, 1.54) is 6.08 Å². The van der Waals surface area contributed by atoms with Crippen molar-refractivity contribution in [3.63, 3.8) is 0 Å². The van der Waals surface area contributed by atoms with Crippen LogP contribution in [0.4, 0.5) is 0 Å². The van der Waals surface area contributed by atoms with E-state index in [1.807, 2.05) is 6.92 Å². The van der Waals surface area contributed by atoms with Crippen molar-refractivity contribution in [1.82, 2.24) is 14.7 Å². The molecule has 0 atom stereocenters. The van der Waals surface area contributed by atoms with Gasteiger partial charge >= 0.3 is 0 Å². The number of carbonyl (C=O) groups is 1. The number of hydrogen-bond acceptors (Lipinski definition) is 3. The minimum absolute atomic E-state index is 0.116. The average Bonchev–Trinajstić information content (AvgIpc) is 2.46. The second kappa shape index (κ2) is 4.50. The molecule has 0 saturated carbocycles. The molecule has 1 saturated heterocycles. The highest BCUT2D eigenvalue weighted by Gasteiger charge is 2.27. The Bertz CT molecular complexity index is 475. The van der Waals surface area contributed by atoms with Gasteiger partial charge in [0.25, 0.3) is 0 Å². The Morgan fingerprint density at radius 2 is 2.24 bits per heavy atom. The lowest BCUT2D eigenvalue weighted by molar-refractivity contribution is -0.135. The Morgan fingerprint density at radius 3 is 2.71 bits per heavy atom. The van der Waals surface area contributed by atoms with Gasteiger partial charge in [0, 0.05) is 31.8 Å². The third-order valence-electron chi connectivity index (χ3n) is 2.76. The Kier molecular flexibility index (Phi) is 3.22. The van der Waals surface area contributed by atoms with Crippen molar-refractivity contribution in [2.75, 3.05) is 13.1 Å². The number of nitrogens with zero attached hydrogens (tertiary/aromatic N) is 3. The van der Waals surface area contributed by atoms with Crippen LogP contribution < -0.4 is 0 Å². The van der Waals surface area contributed by atoms with Crippen LogP contribution in [0, 0.1) is 6.92 Å². The molecule has 0 aromatic carbocycles. The summed E-state index contributed by atoms with van der Waals surface area (Å²) in [5.74, 6) is -0.116. The summed E-state index contributed by atoms with van der Waals surface area (Å²) in [5.41, 5.74) is 1.54. The van der Waals surface area contributed by atoms with Gasteiger partial charge in [-0.25, -0.2) is 0 Å². The van der Waals surface area contributed by atoms with Crippen molar-refractivity contribution < 1.29 is 9.90 Å². The lowest BCUT2D eigenvalue weighted by atomic mass is 10.1. The standard InChI is InChI=1S/C11H14ClN3O2/c1-7-9(11(12)14(2)13-7)3-4-10(17)15-5-8(16)6-15/h3-4,8,16H,5-6H2,1-2H3/b4-3+. The van der Waals surface area contributed by atoms with Crippen molar-refractivity contribution in [2.24, 2.45) is 7.05 Å². The molecule has 1 aliphatic rings. The van der Waals surface area contributed by atoms with E-state index < -0.39 is 0 Å². The Morgan fingerprint density at radius 1 is 1.59 bits per heavy atom. The van der Waals surface area contributed by atoms with Crippen LogP contribution in [0.3, 0.4) is 0 Å². The number of β-amino-alcohol motifs (C(OH)–C–C–N with tert-alkyl or cyclic N) is 1. The highest BCUT2D eigenvalue weighted by atomic mass is 35.5. The van der Waals surface area contributed by atoms with E-state index >= 15 is 0 Å². The van der Waals surface area contributed by atoms with Crippen LogP contribution >= 0.6 is 11.6 Å². The molecule has 1 fully saturated rings. The van der Waals surface area contributed by atoms with Gasteiger partial charge in [-0.2, -0.15) is 5.10 Å². The topological polar surface area (TPSA) is 58.4 Å². The largest absolute Gasteiger partial charge is 0.389 e. The molecule has 0 spiro atoms. The lowest BCUT2D eigenvalue weighted by Crippen LogP contribution is -2.52. The molecule has 92 valence electrons. The van der Waals surface area contributed by atoms with Crippen LogP contribution in [0.1, 0.15) is 11.3 Å². The van der Waals surface area contributed by atoms with E-state index in [2.05, 4.69) is 5.10 Å². The normalized spacial score (nSPS) is 16.6. The molecule has 2 heterocycles. The molecule has 0 bridgehead atoms. The molecule has 1 N–H and O–H groups in total. The van der Waals surface area contributed by atoms with Crippen molar-refractivity contribution in [1.29, 1.82) is 0 Å². The first kappa shape index (κ1) is 12.1. The summed E-state index contributed by atoms with van der Waals surface area (Å²) in [5, 5.41) is 13.7. The van der Waals surface area contributed by atoms with Gasteiger partial charge in [0.15, 0.2) is 0 Å². The third-order valence-corrected chi connectivity index (χ3v) is 3.21. The van der Waals surface area contributed by atoms with Gasteiger partial charge in [0.05, 0.1) is 11.8 Å². The number of amides is 1. The number of aryl methyl sites for hydroxylation is 2. The Hall–Kier alpha value is -1.33. The summed E-state index contributed by atoms with van der Waals surface area (Å²) in [6.45, 7) is 2.65. The van der Waals surface area contributed by atoms with Gasteiger partial charge in [-0.15, -0.1) is 0 Å². The van der Waals surface area contributed by atoms with E-state index in [4.69, 9.17) is 16.7 Å². The van der Waals surface area contributed by atoms with Crippen LogP contribution in [0.2, 0.25) is 5.15 Å². The summed E-state index contributed by atoms with van der Waals surface area (Å²) in [7, 11) is 1.75. The van der Waals surface area contributed by atoms with Gasteiger partial charge in [0.1, 0.15) is 5.15 Å². The number of aliphatic hydroxyl groups excluding tert-OH is 1. The predicted molar refractivity (Wildman–Crippen MR) is 64.6 cm³/mol. The van der Waals surface area contributed by atoms with Crippen LogP contribution in [0.15, 0.2) is 6.08 Å². The summed E-state index contributed by atoms with van der Waals surface area (Å²) in [4.78, 5) is 13.2. The maximum absolute atomic E-state index is 11.6. The van der Waals surface area contributed by atoms with Crippen molar-refractivity contribution in [2.45, 2.75) is 13.0 Å². The molecule has 0 radical (unpaired) electrons. The predicted octanol–water partition coefficient (Wildman–Crippen LogP) is 0.598. The molecule has 1 aliphatic heterocycles. The Labute approximate surface area is 104 Å². The van der Waals surface area contributed by atoms with E-state index in [0.29, 0.717) is 18.2 Å². The molecule has 17 heavy (non-hydrogen) atoms. The summed E-state index contributed by atoms with van der Waals surface area (Å²) < 4.78 is 1.56. The van der Waals surface area contributed by atoms with Gasteiger partial charge in [-0.3, -0.25) is 9.48 Å². The molecule has 2 rings (SSSR count). The fourth-order valence-corrected chi connectivity index (χ4v) is 1.97. The molecule has 1 aromatic rings. The van der Waals surface area contributed by atoms with E-state index in [0.717, 1.165) is 11.3 Å². The van der Waals surface area contributed by atoms with Crippen LogP contribution in [-0.2, 0) is 11.8 Å². The third kappa shape index (κ3) is 2.35. The second-order valence-electron chi connectivity index (χ2n) is 4.14. The first-order valence-electron chi connectivity index (χ1n) is 5.33. The number of rotatable bonds is 2. The molecule has 1 amide bonds. The molecular weight excluding hydrogens is 242 g/mol. The SMILES string of the molecule is Cc1nn(C)c(Cl)c1/C=C/C(=O)N1CC(O)C1. The maximum Gasteiger partial charge on any atom is 0.246 e. The van der Waals surface area contributed by atoms with Crippen LogP contribution in [-0.4, -0.2) is 44.9 Å². The highest BCUT2D eigenvalue weighted by Crippen LogP contribution is 2.20. The number of likely N-dealkylation sites (tertiary alicyclic amines) is 1. The van der Waals surface area contributed by atoms with Crippen LogP contribution in [0.5, 0.6) is 0 Å². The zero-order chi connectivity index (χ0) is 12.6. The second-order valence-corrected chi connectivity index (χ2v) is 4.50. The number of carbonyl (C=O) groups excluding carboxylic acids is 1. The minimum atomic E-state index is -0.379. The fourth-order valence-electron chi connectivity index (χ4n) is 1.73. The first-order chi connectivity index (χ1) is 7.99. The van der Waals surface area contributed by atoms with Gasteiger partial charge in [0.2, 0.25) is 5.91 Å². The van der Waals surface area contributed by atoms with Gasteiger partial charge in [-0.1, -0.05) is 11.6 Å². The number of hydrogen-bond donors (Lipinski definition) is 1. The molecule has 5 nitrogen and oxygen atoms in total. The average molecular weight is 256 g/mol. The number of halogens is 1. The number of aliphatic hydroxyl groups is 1. The smallest absolute Gasteiger partial charge is 0.246 e. The van der Waals surface area contributed by atoms with Crippen LogP contribution in [0.25, 0.3) is 6.08 Å². The summed E-state index contributed by atoms with van der Waals surface area (Å²) >= 11 is 6.03. The summed E-state index contributed by atoms with van der Waals surface area (Å²) in [6.07, 6.45) is 2.75. The van der Waals surface area contributed by atoms with Crippen molar-refractivity contribution in [3.05, 3.63) is 22.5 Å². The zero-order valence-electron chi connectivity index (χ0n) is 9.72. The lowest BCUT2D eigenvalue weighted by Gasteiger charge is -2.34. The van der Waals surface area contributed by atoms with E-state index in [-0.39, 0.29) is 12.0 Å². The quantitative estimate of drug-likeness (QED) is 0.788. The van der Waals surface area contributed by atoms with Gasteiger partial charge in [-0.05, 0) is 13.0 Å². The molecule has 1 aromatic heterocycles. The molecular formula is C11H14ClN3O2. The maximum atomic E-state index is 11.6. The van der Waals surface area contributed by atoms with E-state index in [9.17, 15) is 4.79 Å². The summed E-state index contributed by atoms with van der Waals surface area (Å²) in [6, 6.07) is 0. The van der Waals surface area contributed by atoms with Gasteiger partial charge < -0.3 is 10.0 Å².